The molecule has 1 aromatic carbocycles. The third-order valence-electron chi connectivity index (χ3n) is 3.21. The van der Waals surface area contributed by atoms with Crippen molar-refractivity contribution in [2.45, 2.75) is 37.1 Å². The highest BCUT2D eigenvalue weighted by Gasteiger charge is 2.21. The average Bonchev–Trinajstić information content (AvgIpc) is 2.85. The molecule has 6 heteroatoms. The van der Waals surface area contributed by atoms with Gasteiger partial charge in [-0.25, -0.2) is 13.1 Å². The molecule has 2 rings (SSSR count). The molecule has 1 atom stereocenters. The van der Waals surface area contributed by atoms with Crippen LogP contribution in [0.3, 0.4) is 0 Å². The Morgan fingerprint density at radius 2 is 2.26 bits per heavy atom. The SMILES string of the molecule is CCCC(CN)NS(=O)(=O)c1ccc2c(c1)CCO2. The van der Waals surface area contributed by atoms with Crippen LogP contribution in [0, 0.1) is 0 Å². The summed E-state index contributed by atoms with van der Waals surface area (Å²) in [6.07, 6.45) is 2.39. The molecule has 0 aliphatic carbocycles. The van der Waals surface area contributed by atoms with Gasteiger partial charge in [0.25, 0.3) is 0 Å². The molecular formula is C13H20N2O3S. The van der Waals surface area contributed by atoms with E-state index in [1.165, 1.54) is 0 Å². The van der Waals surface area contributed by atoms with E-state index in [4.69, 9.17) is 10.5 Å². The van der Waals surface area contributed by atoms with Crippen LogP contribution in [0.2, 0.25) is 0 Å². The molecule has 0 aromatic heterocycles. The average molecular weight is 284 g/mol. The minimum Gasteiger partial charge on any atom is -0.493 e. The fourth-order valence-corrected chi connectivity index (χ4v) is 3.52. The zero-order valence-electron chi connectivity index (χ0n) is 11.1. The molecule has 0 fully saturated rings. The lowest BCUT2D eigenvalue weighted by Gasteiger charge is -2.16. The molecule has 1 heterocycles. The van der Waals surface area contributed by atoms with Crippen molar-refractivity contribution in [2.24, 2.45) is 5.73 Å². The van der Waals surface area contributed by atoms with E-state index >= 15 is 0 Å². The largest absolute Gasteiger partial charge is 0.493 e. The summed E-state index contributed by atoms with van der Waals surface area (Å²) in [7, 11) is -3.50. The normalized spacial score (nSPS) is 15.9. The van der Waals surface area contributed by atoms with Gasteiger partial charge in [0.2, 0.25) is 10.0 Å². The predicted octanol–water partition coefficient (Wildman–Crippen LogP) is 1.03. The van der Waals surface area contributed by atoms with E-state index in [-0.39, 0.29) is 10.9 Å². The van der Waals surface area contributed by atoms with E-state index in [9.17, 15) is 8.42 Å². The van der Waals surface area contributed by atoms with Crippen LogP contribution in [0.5, 0.6) is 5.75 Å². The first-order chi connectivity index (χ1) is 9.06. The maximum absolute atomic E-state index is 12.3. The van der Waals surface area contributed by atoms with E-state index in [0.717, 1.165) is 30.6 Å². The van der Waals surface area contributed by atoms with Crippen molar-refractivity contribution in [1.82, 2.24) is 4.72 Å². The maximum Gasteiger partial charge on any atom is 0.240 e. The van der Waals surface area contributed by atoms with Crippen LogP contribution in [0.15, 0.2) is 23.1 Å². The highest BCUT2D eigenvalue weighted by molar-refractivity contribution is 7.89. The molecule has 0 saturated carbocycles. The maximum atomic E-state index is 12.3. The molecule has 1 aliphatic heterocycles. The smallest absolute Gasteiger partial charge is 0.240 e. The molecule has 106 valence electrons. The van der Waals surface area contributed by atoms with Crippen LogP contribution in [-0.4, -0.2) is 27.6 Å². The molecule has 1 aliphatic rings. The second-order valence-electron chi connectivity index (χ2n) is 4.71. The summed E-state index contributed by atoms with van der Waals surface area (Å²) >= 11 is 0. The topological polar surface area (TPSA) is 81.4 Å². The van der Waals surface area contributed by atoms with E-state index < -0.39 is 10.0 Å². The van der Waals surface area contributed by atoms with Gasteiger partial charge in [-0.2, -0.15) is 0 Å². The quantitative estimate of drug-likeness (QED) is 0.817. The summed E-state index contributed by atoms with van der Waals surface area (Å²) in [4.78, 5) is 0.284. The Bertz CT molecular complexity index is 543. The summed E-state index contributed by atoms with van der Waals surface area (Å²) in [5.74, 6) is 0.780. The fraction of sp³-hybridized carbons (Fsp3) is 0.538. The lowest BCUT2D eigenvalue weighted by Crippen LogP contribution is -2.40. The minimum atomic E-state index is -3.50. The highest BCUT2D eigenvalue weighted by atomic mass is 32.2. The summed E-state index contributed by atoms with van der Waals surface area (Å²) in [5, 5.41) is 0. The number of hydrogen-bond acceptors (Lipinski definition) is 4. The molecule has 5 nitrogen and oxygen atoms in total. The van der Waals surface area contributed by atoms with Gasteiger partial charge in [0, 0.05) is 19.0 Å². The summed E-state index contributed by atoms with van der Waals surface area (Å²) < 4.78 is 32.6. The number of fused-ring (bicyclic) bond motifs is 1. The van der Waals surface area contributed by atoms with E-state index in [0.29, 0.717) is 13.2 Å². The van der Waals surface area contributed by atoms with Crippen LogP contribution in [-0.2, 0) is 16.4 Å². The Morgan fingerprint density at radius 1 is 1.47 bits per heavy atom. The van der Waals surface area contributed by atoms with Crippen molar-refractivity contribution in [3.63, 3.8) is 0 Å². The molecule has 0 saturated heterocycles. The number of rotatable bonds is 6. The first kappa shape index (κ1) is 14.3. The number of nitrogens with one attached hydrogen (secondary N) is 1. The van der Waals surface area contributed by atoms with Crippen molar-refractivity contribution in [3.8, 4) is 5.75 Å². The summed E-state index contributed by atoms with van der Waals surface area (Å²) in [5.41, 5.74) is 6.53. The fourth-order valence-electron chi connectivity index (χ4n) is 2.19. The summed E-state index contributed by atoms with van der Waals surface area (Å²) in [6.45, 7) is 2.93. The Hall–Kier alpha value is -1.11. The molecule has 0 radical (unpaired) electrons. The Labute approximate surface area is 114 Å². The van der Waals surface area contributed by atoms with Crippen molar-refractivity contribution >= 4 is 10.0 Å². The van der Waals surface area contributed by atoms with Crippen molar-refractivity contribution in [2.75, 3.05) is 13.2 Å². The number of nitrogens with two attached hydrogens (primary N) is 1. The van der Waals surface area contributed by atoms with Gasteiger partial charge in [-0.05, 0) is 30.2 Å². The van der Waals surface area contributed by atoms with Gasteiger partial charge in [0.05, 0.1) is 11.5 Å². The lowest BCUT2D eigenvalue weighted by atomic mass is 10.2. The van der Waals surface area contributed by atoms with Crippen molar-refractivity contribution in [1.29, 1.82) is 0 Å². The van der Waals surface area contributed by atoms with Crippen LogP contribution in [0.4, 0.5) is 0 Å². The van der Waals surface area contributed by atoms with Crippen LogP contribution >= 0.6 is 0 Å². The van der Waals surface area contributed by atoms with Crippen LogP contribution in [0.1, 0.15) is 25.3 Å². The zero-order chi connectivity index (χ0) is 13.9. The third-order valence-corrected chi connectivity index (χ3v) is 4.73. The third kappa shape index (κ3) is 3.26. The molecule has 19 heavy (non-hydrogen) atoms. The van der Waals surface area contributed by atoms with Gasteiger partial charge in [-0.15, -0.1) is 0 Å². The van der Waals surface area contributed by atoms with Gasteiger partial charge in [0.15, 0.2) is 0 Å². The van der Waals surface area contributed by atoms with Crippen LogP contribution in [0.25, 0.3) is 0 Å². The predicted molar refractivity (Wildman–Crippen MR) is 73.7 cm³/mol. The monoisotopic (exact) mass is 284 g/mol. The minimum absolute atomic E-state index is 0.209. The number of benzene rings is 1. The van der Waals surface area contributed by atoms with Gasteiger partial charge in [-0.3, -0.25) is 0 Å². The Morgan fingerprint density at radius 3 is 2.95 bits per heavy atom. The zero-order valence-corrected chi connectivity index (χ0v) is 11.9. The second-order valence-corrected chi connectivity index (χ2v) is 6.42. The molecule has 0 amide bonds. The number of ether oxygens (including phenoxy) is 1. The van der Waals surface area contributed by atoms with Crippen LogP contribution < -0.4 is 15.2 Å². The van der Waals surface area contributed by atoms with E-state index in [2.05, 4.69) is 4.72 Å². The second kappa shape index (κ2) is 5.90. The lowest BCUT2D eigenvalue weighted by molar-refractivity contribution is 0.356. The van der Waals surface area contributed by atoms with Crippen molar-refractivity contribution in [3.05, 3.63) is 23.8 Å². The Balaban J connectivity index is 2.19. The van der Waals surface area contributed by atoms with Gasteiger partial charge >= 0.3 is 0 Å². The molecule has 0 bridgehead atoms. The van der Waals surface area contributed by atoms with E-state index in [1.54, 1.807) is 18.2 Å². The Kier molecular flexibility index (Phi) is 4.44. The molecular weight excluding hydrogens is 264 g/mol. The summed E-state index contributed by atoms with van der Waals surface area (Å²) in [6, 6.07) is 4.77. The molecule has 0 spiro atoms. The first-order valence-electron chi connectivity index (χ1n) is 6.55. The molecule has 1 unspecified atom stereocenters. The standard InChI is InChI=1S/C13H20N2O3S/c1-2-3-11(9-14)15-19(16,17)12-4-5-13-10(8-12)6-7-18-13/h4-5,8,11,15H,2-3,6-7,9,14H2,1H3. The van der Waals surface area contributed by atoms with Gasteiger partial charge < -0.3 is 10.5 Å². The molecule has 3 N–H and O–H groups in total. The van der Waals surface area contributed by atoms with Gasteiger partial charge in [-0.1, -0.05) is 13.3 Å². The highest BCUT2D eigenvalue weighted by Crippen LogP contribution is 2.27. The number of hydrogen-bond donors (Lipinski definition) is 2. The van der Waals surface area contributed by atoms with Gasteiger partial charge in [0.1, 0.15) is 5.75 Å². The van der Waals surface area contributed by atoms with E-state index in [1.807, 2.05) is 6.92 Å². The first-order valence-corrected chi connectivity index (χ1v) is 8.03. The number of sulfonamides is 1. The van der Waals surface area contributed by atoms with Crippen molar-refractivity contribution < 1.29 is 13.2 Å². The molecule has 1 aromatic rings.